The van der Waals surface area contributed by atoms with Crippen LogP contribution in [0.2, 0.25) is 0 Å². The van der Waals surface area contributed by atoms with Gasteiger partial charge >= 0.3 is 0 Å². The summed E-state index contributed by atoms with van der Waals surface area (Å²) in [6, 6.07) is 0. The van der Waals surface area contributed by atoms with E-state index < -0.39 is 0 Å². The molecule has 0 spiro atoms. The highest BCUT2D eigenvalue weighted by Crippen LogP contribution is 1.96. The Kier molecular flexibility index (Phi) is 18.9. The van der Waals surface area contributed by atoms with Crippen LogP contribution in [0.15, 0.2) is 0 Å². The van der Waals surface area contributed by atoms with E-state index in [1.807, 2.05) is 6.92 Å². The molecule has 0 saturated carbocycles. The Morgan fingerprint density at radius 2 is 1.39 bits per heavy atom. The summed E-state index contributed by atoms with van der Waals surface area (Å²) in [6.45, 7) is 9.49. The molecule has 112 valence electrons. The number of aliphatic hydroxyl groups excluding tert-OH is 1. The fraction of sp³-hybridized carbons (Fsp3) is 1.00. The molecule has 0 aromatic heterocycles. The molecule has 0 atom stereocenters. The van der Waals surface area contributed by atoms with E-state index in [0.717, 1.165) is 19.5 Å². The Balaban J connectivity index is 0. The molecular weight excluding hydrogens is 226 g/mol. The van der Waals surface area contributed by atoms with Crippen molar-refractivity contribution < 1.29 is 5.11 Å². The van der Waals surface area contributed by atoms with Crippen molar-refractivity contribution in [2.45, 2.75) is 40.0 Å². The highest BCUT2D eigenvalue weighted by atomic mass is 16.2. The Morgan fingerprint density at radius 3 is 1.56 bits per heavy atom. The largest absolute Gasteiger partial charge is 0.396 e. The molecule has 0 radical (unpaired) electrons. The average Bonchev–Trinajstić information content (AvgIpc) is 2.43. The minimum atomic E-state index is 0. The summed E-state index contributed by atoms with van der Waals surface area (Å²) in [6.07, 6.45) is 5.09. The van der Waals surface area contributed by atoms with E-state index in [4.69, 9.17) is 5.11 Å². The Labute approximate surface area is 114 Å². The van der Waals surface area contributed by atoms with E-state index in [9.17, 15) is 0 Å². The third-order valence-electron chi connectivity index (χ3n) is 2.77. The predicted octanol–water partition coefficient (Wildman–Crippen LogP) is 1.31. The van der Waals surface area contributed by atoms with Crippen LogP contribution in [-0.4, -0.2) is 62.9 Å². The average molecular weight is 261 g/mol. The first-order chi connectivity index (χ1) is 8.31. The normalized spacial score (nSPS) is 19.5. The minimum Gasteiger partial charge on any atom is -0.396 e. The van der Waals surface area contributed by atoms with E-state index >= 15 is 0 Å². The molecule has 2 aliphatic heterocycles. The third-order valence-corrected chi connectivity index (χ3v) is 2.77. The van der Waals surface area contributed by atoms with Gasteiger partial charge in [-0.25, -0.2) is 0 Å². The van der Waals surface area contributed by atoms with Crippen LogP contribution in [0.25, 0.3) is 0 Å². The smallest absolute Gasteiger partial charge is 0.0428 e. The molecule has 0 bridgehead atoms. The highest BCUT2D eigenvalue weighted by Gasteiger charge is 2.01. The van der Waals surface area contributed by atoms with Gasteiger partial charge in [-0.3, -0.25) is 0 Å². The van der Waals surface area contributed by atoms with E-state index in [0.29, 0.717) is 6.61 Å². The van der Waals surface area contributed by atoms with Crippen molar-refractivity contribution in [2.75, 3.05) is 52.9 Å². The number of rotatable bonds is 1. The third kappa shape index (κ3) is 15.8. The number of piperidine rings is 1. The van der Waals surface area contributed by atoms with Gasteiger partial charge in [-0.05, 0) is 39.4 Å². The molecule has 2 aliphatic rings. The van der Waals surface area contributed by atoms with Crippen molar-refractivity contribution in [3.05, 3.63) is 0 Å². The van der Waals surface area contributed by atoms with Crippen LogP contribution in [0.1, 0.15) is 40.0 Å². The van der Waals surface area contributed by atoms with Crippen molar-refractivity contribution in [1.82, 2.24) is 15.5 Å². The van der Waals surface area contributed by atoms with Gasteiger partial charge in [0.1, 0.15) is 0 Å². The number of hydrogen-bond donors (Lipinski definition) is 3. The van der Waals surface area contributed by atoms with Crippen molar-refractivity contribution in [1.29, 1.82) is 0 Å². The lowest BCUT2D eigenvalue weighted by molar-refractivity contribution is 0.291. The van der Waals surface area contributed by atoms with Gasteiger partial charge in [0, 0.05) is 32.8 Å². The SMILES string of the molecule is C.C1CCNCC1.CCCO.CN1CCNCC1. The second-order valence-electron chi connectivity index (χ2n) is 4.59. The molecule has 0 unspecified atom stereocenters. The Bertz CT molecular complexity index is 121. The van der Waals surface area contributed by atoms with Crippen molar-refractivity contribution >= 4 is 0 Å². The minimum absolute atomic E-state index is 0. The lowest BCUT2D eigenvalue weighted by atomic mass is 10.2. The molecule has 0 aromatic rings. The lowest BCUT2D eigenvalue weighted by Crippen LogP contribution is -2.40. The molecule has 4 nitrogen and oxygen atoms in total. The zero-order chi connectivity index (χ0) is 12.8. The van der Waals surface area contributed by atoms with Crippen LogP contribution in [0.5, 0.6) is 0 Å². The van der Waals surface area contributed by atoms with Crippen LogP contribution in [-0.2, 0) is 0 Å². The van der Waals surface area contributed by atoms with Gasteiger partial charge in [0.05, 0.1) is 0 Å². The summed E-state index contributed by atoms with van der Waals surface area (Å²) in [5, 5.41) is 14.4. The van der Waals surface area contributed by atoms with Gasteiger partial charge in [-0.2, -0.15) is 0 Å². The lowest BCUT2D eigenvalue weighted by Gasteiger charge is -2.21. The monoisotopic (exact) mass is 261 g/mol. The van der Waals surface area contributed by atoms with Crippen molar-refractivity contribution in [3.63, 3.8) is 0 Å². The van der Waals surface area contributed by atoms with Gasteiger partial charge < -0.3 is 20.6 Å². The van der Waals surface area contributed by atoms with Crippen LogP contribution in [0.3, 0.4) is 0 Å². The van der Waals surface area contributed by atoms with Gasteiger partial charge in [-0.1, -0.05) is 20.8 Å². The van der Waals surface area contributed by atoms with Gasteiger partial charge in [0.15, 0.2) is 0 Å². The zero-order valence-corrected chi connectivity index (χ0v) is 11.7. The number of likely N-dealkylation sites (N-methyl/N-ethyl adjacent to an activating group) is 1. The second-order valence-corrected chi connectivity index (χ2v) is 4.59. The second kappa shape index (κ2) is 16.8. The molecule has 0 aliphatic carbocycles. The first-order valence-electron chi connectivity index (χ1n) is 7.02. The topological polar surface area (TPSA) is 47.5 Å². The summed E-state index contributed by atoms with van der Waals surface area (Å²) >= 11 is 0. The fourth-order valence-electron chi connectivity index (χ4n) is 1.58. The van der Waals surface area contributed by atoms with Gasteiger partial charge in [-0.15, -0.1) is 0 Å². The van der Waals surface area contributed by atoms with Gasteiger partial charge in [0.2, 0.25) is 0 Å². The Hall–Kier alpha value is -0.160. The molecule has 3 N–H and O–H groups in total. The molecule has 2 fully saturated rings. The van der Waals surface area contributed by atoms with E-state index in [1.165, 1.54) is 45.4 Å². The molecule has 0 amide bonds. The molecule has 2 heterocycles. The van der Waals surface area contributed by atoms with E-state index in [-0.39, 0.29) is 7.43 Å². The zero-order valence-electron chi connectivity index (χ0n) is 11.7. The number of hydrogen-bond acceptors (Lipinski definition) is 4. The van der Waals surface area contributed by atoms with Gasteiger partial charge in [0.25, 0.3) is 0 Å². The van der Waals surface area contributed by atoms with E-state index in [1.54, 1.807) is 0 Å². The Morgan fingerprint density at radius 1 is 0.944 bits per heavy atom. The summed E-state index contributed by atoms with van der Waals surface area (Å²) in [4.78, 5) is 2.33. The molecule has 0 aromatic carbocycles. The highest BCUT2D eigenvalue weighted by molar-refractivity contribution is 4.62. The number of aliphatic hydroxyl groups is 1. The molecule has 4 heteroatoms. The number of piperazine rings is 1. The number of nitrogens with zero attached hydrogens (tertiary/aromatic N) is 1. The summed E-state index contributed by atoms with van der Waals surface area (Å²) < 4.78 is 0. The molecule has 2 rings (SSSR count). The van der Waals surface area contributed by atoms with E-state index in [2.05, 4.69) is 22.6 Å². The molecular formula is C14H35N3O. The van der Waals surface area contributed by atoms with Crippen LogP contribution in [0.4, 0.5) is 0 Å². The number of nitrogens with one attached hydrogen (secondary N) is 2. The van der Waals surface area contributed by atoms with Crippen LogP contribution >= 0.6 is 0 Å². The fourth-order valence-corrected chi connectivity index (χ4v) is 1.58. The first kappa shape index (κ1) is 20.2. The maximum atomic E-state index is 7.88. The predicted molar refractivity (Wildman–Crippen MR) is 81.2 cm³/mol. The van der Waals surface area contributed by atoms with Crippen molar-refractivity contribution in [3.8, 4) is 0 Å². The standard InChI is InChI=1S/C5H12N2.C5H11N.C3H8O.CH4/c1-7-4-2-6-3-5-7;1-2-4-6-5-3-1;1-2-3-4;/h6H,2-5H2,1H3;6H,1-5H2;4H,2-3H2,1H3;1H4. The summed E-state index contributed by atoms with van der Waals surface area (Å²) in [5.41, 5.74) is 0. The van der Waals surface area contributed by atoms with Crippen LogP contribution < -0.4 is 10.6 Å². The molecule has 2 saturated heterocycles. The first-order valence-corrected chi connectivity index (χ1v) is 7.02. The van der Waals surface area contributed by atoms with Crippen LogP contribution in [0, 0.1) is 0 Å². The maximum Gasteiger partial charge on any atom is 0.0428 e. The summed E-state index contributed by atoms with van der Waals surface area (Å²) in [7, 11) is 2.15. The summed E-state index contributed by atoms with van der Waals surface area (Å²) in [5.74, 6) is 0. The maximum absolute atomic E-state index is 7.88. The van der Waals surface area contributed by atoms with Crippen molar-refractivity contribution in [2.24, 2.45) is 0 Å². The molecule has 18 heavy (non-hydrogen) atoms. The quantitative estimate of drug-likeness (QED) is 0.666.